The van der Waals surface area contributed by atoms with Gasteiger partial charge < -0.3 is 55.1 Å². The minimum atomic E-state index is -0.553. The maximum Gasteiger partial charge on any atom is 0.344 e. The van der Waals surface area contributed by atoms with E-state index in [0.717, 1.165) is 0 Å². The second kappa shape index (κ2) is 20.5. The molecule has 0 bridgehead atoms. The Balaban J connectivity index is 0.000000372. The third-order valence-electron chi connectivity index (χ3n) is 5.48. The zero-order valence-electron chi connectivity index (χ0n) is 28.0. The summed E-state index contributed by atoms with van der Waals surface area (Å²) >= 11 is 17.6. The number of methoxy groups -OCH3 is 4. The average Bonchev–Trinajstić information content (AvgIpc) is 3.03. The first kappa shape index (κ1) is 42.2. The number of hydrogen-bond donors (Lipinski definition) is 3. The third-order valence-corrected chi connectivity index (χ3v) is 6.37. The molecule has 0 saturated heterocycles. The number of nitriles is 1. The predicted octanol–water partition coefficient (Wildman–Crippen LogP) is 5.97. The van der Waals surface area contributed by atoms with E-state index in [1.54, 1.807) is 26.8 Å². The lowest BCUT2D eigenvalue weighted by molar-refractivity contribution is -0.157. The molecule has 268 valence electrons. The van der Waals surface area contributed by atoms with Crippen LogP contribution in [-0.4, -0.2) is 65.8 Å². The minimum absolute atomic E-state index is 0.0605. The number of carbonyl (C=O) groups excluding carboxylic acids is 2. The van der Waals surface area contributed by atoms with Crippen molar-refractivity contribution in [2.75, 3.05) is 65.5 Å². The summed E-state index contributed by atoms with van der Waals surface area (Å²) < 4.78 is 40.1. The van der Waals surface area contributed by atoms with Gasteiger partial charge in [-0.2, -0.15) is 5.26 Å². The van der Waals surface area contributed by atoms with Crippen LogP contribution in [0.5, 0.6) is 34.5 Å². The van der Waals surface area contributed by atoms with Crippen LogP contribution in [0.4, 0.5) is 17.1 Å². The molecular weight excluding hydrogens is 707 g/mol. The fourth-order valence-electron chi connectivity index (χ4n) is 3.32. The Hall–Kier alpha value is -4.84. The molecular formula is C32H39Cl3N4O10. The van der Waals surface area contributed by atoms with Crippen LogP contribution in [0.1, 0.15) is 20.8 Å². The van der Waals surface area contributed by atoms with E-state index < -0.39 is 17.5 Å². The molecule has 0 aliphatic rings. The number of anilines is 3. The van der Waals surface area contributed by atoms with Crippen molar-refractivity contribution in [3.63, 3.8) is 0 Å². The highest BCUT2D eigenvalue weighted by molar-refractivity contribution is 6.33. The summed E-state index contributed by atoms with van der Waals surface area (Å²) in [6.45, 7) is 4.83. The summed E-state index contributed by atoms with van der Waals surface area (Å²) in [6, 6.07) is 11.0. The quantitative estimate of drug-likeness (QED) is 0.153. The molecule has 3 aromatic carbocycles. The Morgan fingerprint density at radius 3 is 1.41 bits per heavy atom. The van der Waals surface area contributed by atoms with Crippen molar-refractivity contribution in [1.82, 2.24) is 0 Å². The van der Waals surface area contributed by atoms with Crippen molar-refractivity contribution in [3.8, 4) is 40.6 Å². The molecule has 3 rings (SSSR count). The minimum Gasteiger partial charge on any atom is -0.495 e. The normalized spacial score (nSPS) is 10.1. The second-order valence-electron chi connectivity index (χ2n) is 10.3. The van der Waals surface area contributed by atoms with E-state index in [9.17, 15) is 9.59 Å². The van der Waals surface area contributed by atoms with Crippen LogP contribution >= 0.6 is 34.8 Å². The van der Waals surface area contributed by atoms with E-state index in [4.69, 9.17) is 90.4 Å². The van der Waals surface area contributed by atoms with Crippen LogP contribution in [0.2, 0.25) is 15.1 Å². The topological polar surface area (TPSA) is 210 Å². The van der Waals surface area contributed by atoms with Crippen molar-refractivity contribution < 1.29 is 47.5 Å². The van der Waals surface area contributed by atoms with Crippen molar-refractivity contribution in [2.45, 2.75) is 26.4 Å². The van der Waals surface area contributed by atoms with Gasteiger partial charge in [0.15, 0.2) is 19.8 Å². The lowest BCUT2D eigenvalue weighted by Crippen LogP contribution is -2.27. The van der Waals surface area contributed by atoms with Crippen LogP contribution in [0, 0.1) is 11.3 Å². The van der Waals surface area contributed by atoms with Gasteiger partial charge in [-0.05, 0) is 39.0 Å². The molecule has 14 nitrogen and oxygen atoms in total. The maximum absolute atomic E-state index is 11.5. The summed E-state index contributed by atoms with van der Waals surface area (Å²) in [7, 11) is 5.73. The van der Waals surface area contributed by atoms with Gasteiger partial charge in [-0.3, -0.25) is 0 Å². The highest BCUT2D eigenvalue weighted by Crippen LogP contribution is 2.36. The first-order valence-corrected chi connectivity index (χ1v) is 15.1. The number of benzene rings is 3. The van der Waals surface area contributed by atoms with Gasteiger partial charge in [0, 0.05) is 18.2 Å². The van der Waals surface area contributed by atoms with E-state index in [1.165, 1.54) is 58.8 Å². The number of nitrogen functional groups attached to an aromatic ring is 3. The summed E-state index contributed by atoms with van der Waals surface area (Å²) in [6.07, 6.45) is 0. The highest BCUT2D eigenvalue weighted by Gasteiger charge is 2.18. The number of rotatable bonds is 11. The zero-order valence-corrected chi connectivity index (χ0v) is 30.2. The number of ether oxygens (including phenoxy) is 8. The Labute approximate surface area is 299 Å². The van der Waals surface area contributed by atoms with Crippen LogP contribution in [0.15, 0.2) is 36.4 Å². The number of esters is 2. The number of halogens is 3. The van der Waals surface area contributed by atoms with Gasteiger partial charge in [-0.15, -0.1) is 0 Å². The fraction of sp³-hybridized carbons (Fsp3) is 0.344. The molecule has 0 saturated carbocycles. The molecule has 6 N–H and O–H groups in total. The molecule has 0 aliphatic heterocycles. The highest BCUT2D eigenvalue weighted by atomic mass is 35.5. The zero-order chi connectivity index (χ0) is 37.3. The van der Waals surface area contributed by atoms with Crippen LogP contribution in [-0.2, 0) is 19.1 Å². The molecule has 0 spiro atoms. The van der Waals surface area contributed by atoms with Crippen molar-refractivity contribution in [2.24, 2.45) is 0 Å². The Morgan fingerprint density at radius 1 is 0.633 bits per heavy atom. The molecule has 0 radical (unpaired) electrons. The van der Waals surface area contributed by atoms with E-state index in [2.05, 4.69) is 4.74 Å². The molecule has 0 aromatic heterocycles. The average molecular weight is 746 g/mol. The SMILES string of the molecule is COC(=O)COc1cc(OC)c(N)cc1Cl.COc1cc(OCC#N)c(N)cc1Cl.COc1cc(OCC(=O)OC(C)(C)C)c(Cl)cc1N. The summed E-state index contributed by atoms with van der Waals surface area (Å²) in [5.41, 5.74) is 17.6. The predicted molar refractivity (Wildman–Crippen MR) is 187 cm³/mol. The molecule has 0 unspecified atom stereocenters. The lowest BCUT2D eigenvalue weighted by Gasteiger charge is -2.19. The molecule has 0 fully saturated rings. The van der Waals surface area contributed by atoms with E-state index in [-0.39, 0.29) is 19.8 Å². The van der Waals surface area contributed by atoms with E-state index in [0.29, 0.717) is 66.6 Å². The Morgan fingerprint density at radius 2 is 1.02 bits per heavy atom. The smallest absolute Gasteiger partial charge is 0.344 e. The van der Waals surface area contributed by atoms with Gasteiger partial charge in [0.1, 0.15) is 46.2 Å². The molecule has 49 heavy (non-hydrogen) atoms. The second-order valence-corrected chi connectivity index (χ2v) is 11.5. The third kappa shape index (κ3) is 14.9. The van der Waals surface area contributed by atoms with E-state index in [1.807, 2.05) is 6.07 Å². The first-order chi connectivity index (χ1) is 23.0. The standard InChI is InChI=1S/C13H18ClNO4.C10H12ClNO4.C9H9ClN2O2/c1-13(2,3)19-12(16)7-18-10-6-11(17-4)9(15)5-8(10)14;1-14-9-4-8(6(11)3-7(9)12)16-5-10(13)15-2;1-13-8-5-9(14-3-2-11)7(12)4-6(8)10/h5-6H,7,15H2,1-4H3;3-4H,5,12H2,1-2H3;4-5H,3,12H2,1H3. The van der Waals surface area contributed by atoms with Crippen LogP contribution < -0.4 is 45.6 Å². The molecule has 3 aromatic rings. The lowest BCUT2D eigenvalue weighted by atomic mass is 10.2. The van der Waals surface area contributed by atoms with Gasteiger partial charge in [-0.1, -0.05) is 34.8 Å². The van der Waals surface area contributed by atoms with Crippen molar-refractivity contribution >= 4 is 63.8 Å². The largest absolute Gasteiger partial charge is 0.495 e. The fourth-order valence-corrected chi connectivity index (χ4v) is 4.02. The van der Waals surface area contributed by atoms with Gasteiger partial charge in [0.2, 0.25) is 0 Å². The number of carbonyl (C=O) groups is 2. The molecule has 0 atom stereocenters. The van der Waals surface area contributed by atoms with Crippen LogP contribution in [0.25, 0.3) is 0 Å². The molecule has 17 heteroatoms. The van der Waals surface area contributed by atoms with Crippen LogP contribution in [0.3, 0.4) is 0 Å². The van der Waals surface area contributed by atoms with Gasteiger partial charge in [-0.25, -0.2) is 9.59 Å². The van der Waals surface area contributed by atoms with Crippen molar-refractivity contribution in [3.05, 3.63) is 51.5 Å². The van der Waals surface area contributed by atoms with Gasteiger partial charge in [0.05, 0.1) is 60.6 Å². The summed E-state index contributed by atoms with van der Waals surface area (Å²) in [5.74, 6) is 1.40. The molecule has 0 heterocycles. The molecule has 0 amide bonds. The number of nitrogens with two attached hydrogens (primary N) is 3. The monoisotopic (exact) mass is 744 g/mol. The van der Waals surface area contributed by atoms with Gasteiger partial charge >= 0.3 is 11.9 Å². The Kier molecular flexibility index (Phi) is 17.7. The summed E-state index contributed by atoms with van der Waals surface area (Å²) in [4.78, 5) is 22.4. The van der Waals surface area contributed by atoms with E-state index >= 15 is 0 Å². The van der Waals surface area contributed by atoms with Crippen molar-refractivity contribution in [1.29, 1.82) is 5.26 Å². The maximum atomic E-state index is 11.5. The Bertz CT molecular complexity index is 1610. The molecule has 0 aliphatic carbocycles. The van der Waals surface area contributed by atoms with Gasteiger partial charge in [0.25, 0.3) is 0 Å². The number of nitrogens with zero attached hydrogens (tertiary/aromatic N) is 1. The number of hydrogen-bond acceptors (Lipinski definition) is 14. The summed E-state index contributed by atoms with van der Waals surface area (Å²) in [5, 5.41) is 9.35. The first-order valence-electron chi connectivity index (χ1n) is 13.9.